The highest BCUT2D eigenvalue weighted by atomic mass is 35.5. The number of halogens is 1. The largest absolute Gasteiger partial charge is 0.349 e. The second kappa shape index (κ2) is 5.84. The van der Waals surface area contributed by atoms with Gasteiger partial charge in [0.1, 0.15) is 5.82 Å². The fourth-order valence-corrected chi connectivity index (χ4v) is 1.84. The summed E-state index contributed by atoms with van der Waals surface area (Å²) in [5.41, 5.74) is 1.24. The molecule has 0 spiro atoms. The van der Waals surface area contributed by atoms with Gasteiger partial charge >= 0.3 is 0 Å². The van der Waals surface area contributed by atoms with E-state index in [-0.39, 0.29) is 0 Å². The number of imidazole rings is 1. The van der Waals surface area contributed by atoms with Crippen LogP contribution in [0, 0.1) is 0 Å². The molecule has 1 aromatic heterocycles. The van der Waals surface area contributed by atoms with Gasteiger partial charge in [-0.1, -0.05) is 23.7 Å². The van der Waals surface area contributed by atoms with E-state index in [2.05, 4.69) is 22.2 Å². The molecule has 17 heavy (non-hydrogen) atoms. The average Bonchev–Trinajstić information content (AvgIpc) is 2.83. The molecule has 90 valence electrons. The smallest absolute Gasteiger partial charge is 0.107 e. The lowest BCUT2D eigenvalue weighted by molar-refractivity contribution is 0.571. The van der Waals surface area contributed by atoms with Gasteiger partial charge < -0.3 is 10.3 Å². The number of H-pyrrole nitrogens is 1. The molecule has 0 fully saturated rings. The first-order valence-corrected chi connectivity index (χ1v) is 6.10. The molecule has 1 atom stereocenters. The van der Waals surface area contributed by atoms with Crippen LogP contribution in [0.4, 0.5) is 0 Å². The standard InChI is InChI=1S/C13H16ClN3/c1-10(11-2-4-12(14)5-3-11)15-7-6-13-16-8-9-17-13/h2-5,8-10,15H,6-7H2,1H3,(H,16,17). The highest BCUT2D eigenvalue weighted by molar-refractivity contribution is 6.30. The topological polar surface area (TPSA) is 40.7 Å². The minimum absolute atomic E-state index is 0.322. The van der Waals surface area contributed by atoms with Crippen molar-refractivity contribution in [1.29, 1.82) is 0 Å². The number of hydrogen-bond acceptors (Lipinski definition) is 2. The Morgan fingerprint density at radius 1 is 1.35 bits per heavy atom. The zero-order valence-corrected chi connectivity index (χ0v) is 10.5. The van der Waals surface area contributed by atoms with Crippen molar-refractivity contribution in [1.82, 2.24) is 15.3 Å². The van der Waals surface area contributed by atoms with Gasteiger partial charge in [-0.05, 0) is 24.6 Å². The average molecular weight is 250 g/mol. The van der Waals surface area contributed by atoms with Crippen LogP contribution in [-0.4, -0.2) is 16.5 Å². The van der Waals surface area contributed by atoms with Gasteiger partial charge in [0.15, 0.2) is 0 Å². The Balaban J connectivity index is 1.81. The minimum atomic E-state index is 0.322. The van der Waals surface area contributed by atoms with E-state index in [0.29, 0.717) is 6.04 Å². The Bertz CT molecular complexity index is 436. The Labute approximate surface area is 106 Å². The summed E-state index contributed by atoms with van der Waals surface area (Å²) in [5, 5.41) is 4.23. The molecule has 4 heteroatoms. The molecule has 0 saturated carbocycles. The molecule has 3 nitrogen and oxygen atoms in total. The molecule has 0 saturated heterocycles. The molecule has 2 N–H and O–H groups in total. The van der Waals surface area contributed by atoms with E-state index >= 15 is 0 Å². The van der Waals surface area contributed by atoms with Crippen LogP contribution in [0.2, 0.25) is 5.02 Å². The van der Waals surface area contributed by atoms with Gasteiger partial charge in [0, 0.05) is 36.4 Å². The Kier molecular flexibility index (Phi) is 4.18. The Morgan fingerprint density at radius 3 is 2.76 bits per heavy atom. The van der Waals surface area contributed by atoms with E-state index in [0.717, 1.165) is 23.8 Å². The van der Waals surface area contributed by atoms with E-state index < -0.39 is 0 Å². The zero-order chi connectivity index (χ0) is 12.1. The Hall–Kier alpha value is -1.32. The van der Waals surface area contributed by atoms with Crippen LogP contribution in [0.5, 0.6) is 0 Å². The van der Waals surface area contributed by atoms with Gasteiger partial charge in [-0.2, -0.15) is 0 Å². The molecule has 1 heterocycles. The normalized spacial score (nSPS) is 12.6. The SMILES string of the molecule is CC(NCCc1ncc[nH]1)c1ccc(Cl)cc1. The third-order valence-corrected chi connectivity index (χ3v) is 2.99. The van der Waals surface area contributed by atoms with Gasteiger partial charge in [-0.3, -0.25) is 0 Å². The Morgan fingerprint density at radius 2 is 2.12 bits per heavy atom. The first-order valence-electron chi connectivity index (χ1n) is 5.73. The summed E-state index contributed by atoms with van der Waals surface area (Å²) >= 11 is 5.86. The molecular weight excluding hydrogens is 234 g/mol. The number of rotatable bonds is 5. The molecule has 0 aliphatic rings. The van der Waals surface area contributed by atoms with Crippen LogP contribution >= 0.6 is 11.6 Å². The third-order valence-electron chi connectivity index (χ3n) is 2.74. The molecule has 0 aliphatic heterocycles. The summed E-state index contributed by atoms with van der Waals surface area (Å²) in [6.45, 7) is 3.04. The maximum absolute atomic E-state index is 5.86. The lowest BCUT2D eigenvalue weighted by atomic mass is 10.1. The second-order valence-electron chi connectivity index (χ2n) is 4.01. The van der Waals surface area contributed by atoms with Crippen molar-refractivity contribution in [2.45, 2.75) is 19.4 Å². The predicted molar refractivity (Wildman–Crippen MR) is 70.2 cm³/mol. The van der Waals surface area contributed by atoms with Crippen LogP contribution in [-0.2, 0) is 6.42 Å². The molecule has 2 rings (SSSR count). The van der Waals surface area contributed by atoms with Crippen molar-refractivity contribution in [3.05, 3.63) is 53.1 Å². The van der Waals surface area contributed by atoms with Crippen LogP contribution in [0.1, 0.15) is 24.4 Å². The maximum Gasteiger partial charge on any atom is 0.107 e. The van der Waals surface area contributed by atoms with E-state index in [4.69, 9.17) is 11.6 Å². The second-order valence-corrected chi connectivity index (χ2v) is 4.45. The summed E-state index contributed by atoms with van der Waals surface area (Å²) in [6.07, 6.45) is 4.53. The van der Waals surface area contributed by atoms with Gasteiger partial charge in [0.05, 0.1) is 0 Å². The van der Waals surface area contributed by atoms with Crippen molar-refractivity contribution >= 4 is 11.6 Å². The van der Waals surface area contributed by atoms with Crippen molar-refractivity contribution < 1.29 is 0 Å². The first-order chi connectivity index (χ1) is 8.25. The number of nitrogens with one attached hydrogen (secondary N) is 2. The van der Waals surface area contributed by atoms with Gasteiger partial charge in [0.25, 0.3) is 0 Å². The van der Waals surface area contributed by atoms with Gasteiger partial charge in [-0.15, -0.1) is 0 Å². The number of aromatic amines is 1. The highest BCUT2D eigenvalue weighted by Crippen LogP contribution is 2.15. The quantitative estimate of drug-likeness (QED) is 0.855. The summed E-state index contributed by atoms with van der Waals surface area (Å²) in [7, 11) is 0. The number of benzene rings is 1. The molecule has 0 radical (unpaired) electrons. The lowest BCUT2D eigenvalue weighted by Gasteiger charge is -2.13. The van der Waals surface area contributed by atoms with E-state index in [9.17, 15) is 0 Å². The third kappa shape index (κ3) is 3.58. The summed E-state index contributed by atoms with van der Waals surface area (Å²) in [6, 6.07) is 8.26. The number of aromatic nitrogens is 2. The molecular formula is C13H16ClN3. The van der Waals surface area contributed by atoms with E-state index in [1.54, 1.807) is 6.20 Å². The van der Waals surface area contributed by atoms with Gasteiger partial charge in [0.2, 0.25) is 0 Å². The molecule has 0 amide bonds. The van der Waals surface area contributed by atoms with Crippen LogP contribution < -0.4 is 5.32 Å². The monoisotopic (exact) mass is 249 g/mol. The fraction of sp³-hybridized carbons (Fsp3) is 0.308. The first kappa shape index (κ1) is 12.1. The summed E-state index contributed by atoms with van der Waals surface area (Å²) in [4.78, 5) is 7.27. The minimum Gasteiger partial charge on any atom is -0.349 e. The fourth-order valence-electron chi connectivity index (χ4n) is 1.71. The number of nitrogens with zero attached hydrogens (tertiary/aromatic N) is 1. The van der Waals surface area contributed by atoms with Crippen molar-refractivity contribution in [3.63, 3.8) is 0 Å². The molecule has 0 aliphatic carbocycles. The highest BCUT2D eigenvalue weighted by Gasteiger charge is 2.04. The zero-order valence-electron chi connectivity index (χ0n) is 9.78. The molecule has 1 aromatic carbocycles. The van der Waals surface area contributed by atoms with Crippen LogP contribution in [0.3, 0.4) is 0 Å². The summed E-state index contributed by atoms with van der Waals surface area (Å²) < 4.78 is 0. The lowest BCUT2D eigenvalue weighted by Crippen LogP contribution is -2.21. The maximum atomic E-state index is 5.86. The van der Waals surface area contributed by atoms with Crippen molar-refractivity contribution in [2.75, 3.05) is 6.54 Å². The molecule has 1 unspecified atom stereocenters. The van der Waals surface area contributed by atoms with Crippen molar-refractivity contribution in [3.8, 4) is 0 Å². The molecule has 2 aromatic rings. The predicted octanol–water partition coefficient (Wildman–Crippen LogP) is 2.96. The van der Waals surface area contributed by atoms with Crippen LogP contribution in [0.15, 0.2) is 36.7 Å². The molecule has 0 bridgehead atoms. The van der Waals surface area contributed by atoms with E-state index in [1.165, 1.54) is 5.56 Å². The van der Waals surface area contributed by atoms with Crippen molar-refractivity contribution in [2.24, 2.45) is 0 Å². The summed E-state index contributed by atoms with van der Waals surface area (Å²) in [5.74, 6) is 1.01. The van der Waals surface area contributed by atoms with Crippen LogP contribution in [0.25, 0.3) is 0 Å². The van der Waals surface area contributed by atoms with Gasteiger partial charge in [-0.25, -0.2) is 4.98 Å². The van der Waals surface area contributed by atoms with E-state index in [1.807, 2.05) is 30.5 Å². The number of hydrogen-bond donors (Lipinski definition) is 2.